The van der Waals surface area contributed by atoms with Crippen molar-refractivity contribution in [2.24, 2.45) is 7.05 Å². The van der Waals surface area contributed by atoms with Crippen LogP contribution in [0.3, 0.4) is 0 Å². The number of hydrogen-bond acceptors (Lipinski definition) is 3. The third-order valence-electron chi connectivity index (χ3n) is 2.81. The molecule has 0 aromatic carbocycles. The van der Waals surface area contributed by atoms with Crippen LogP contribution in [-0.2, 0) is 7.05 Å². The van der Waals surface area contributed by atoms with Gasteiger partial charge in [0.15, 0.2) is 0 Å². The van der Waals surface area contributed by atoms with Gasteiger partial charge in [0.1, 0.15) is 0 Å². The zero-order chi connectivity index (χ0) is 13.0. The molecule has 5 nitrogen and oxygen atoms in total. The van der Waals surface area contributed by atoms with Crippen LogP contribution in [0.5, 0.6) is 0 Å². The van der Waals surface area contributed by atoms with Crippen molar-refractivity contribution in [1.29, 1.82) is 5.26 Å². The van der Waals surface area contributed by atoms with Crippen LogP contribution >= 0.6 is 0 Å². The molecule has 1 rings (SSSR count). The lowest BCUT2D eigenvalue weighted by Gasteiger charge is -2.25. The first-order chi connectivity index (χ1) is 7.99. The van der Waals surface area contributed by atoms with Gasteiger partial charge in [-0.25, -0.2) is 0 Å². The van der Waals surface area contributed by atoms with Gasteiger partial charge in [-0.15, -0.1) is 0 Å². The van der Waals surface area contributed by atoms with E-state index in [1.165, 1.54) is 0 Å². The molecule has 0 saturated heterocycles. The predicted molar refractivity (Wildman–Crippen MR) is 64.3 cm³/mol. The highest BCUT2D eigenvalue weighted by atomic mass is 16.2. The van der Waals surface area contributed by atoms with Gasteiger partial charge in [-0.05, 0) is 20.8 Å². The van der Waals surface area contributed by atoms with Crippen molar-refractivity contribution >= 4 is 5.91 Å². The number of nitrogens with zero attached hydrogens (tertiary/aromatic N) is 4. The molecule has 17 heavy (non-hydrogen) atoms. The number of aromatic nitrogens is 2. The van der Waals surface area contributed by atoms with Crippen LogP contribution in [0.4, 0.5) is 0 Å². The second kappa shape index (κ2) is 5.48. The van der Waals surface area contributed by atoms with Gasteiger partial charge in [0.2, 0.25) is 0 Å². The molecule has 5 heteroatoms. The van der Waals surface area contributed by atoms with Gasteiger partial charge in [0.25, 0.3) is 5.91 Å². The highest BCUT2D eigenvalue weighted by molar-refractivity contribution is 5.95. The van der Waals surface area contributed by atoms with Crippen LogP contribution < -0.4 is 0 Å². The summed E-state index contributed by atoms with van der Waals surface area (Å²) in [6.45, 7) is 6.21. The van der Waals surface area contributed by atoms with Crippen LogP contribution in [0, 0.1) is 18.3 Å². The van der Waals surface area contributed by atoms with Gasteiger partial charge in [-0.3, -0.25) is 9.48 Å². The van der Waals surface area contributed by atoms with Crippen LogP contribution in [0.15, 0.2) is 6.20 Å². The molecular formula is C12H18N4O. The first-order valence-electron chi connectivity index (χ1n) is 5.65. The summed E-state index contributed by atoms with van der Waals surface area (Å²) in [5.74, 6) is -0.0548. The Morgan fingerprint density at radius 2 is 2.29 bits per heavy atom. The molecule has 0 aliphatic carbocycles. The van der Waals surface area contributed by atoms with Crippen molar-refractivity contribution in [3.05, 3.63) is 17.5 Å². The summed E-state index contributed by atoms with van der Waals surface area (Å²) >= 11 is 0. The van der Waals surface area contributed by atoms with Crippen molar-refractivity contribution in [2.45, 2.75) is 33.2 Å². The maximum Gasteiger partial charge on any atom is 0.257 e. The topological polar surface area (TPSA) is 61.9 Å². The summed E-state index contributed by atoms with van der Waals surface area (Å²) in [7, 11) is 1.81. The van der Waals surface area contributed by atoms with Gasteiger partial charge >= 0.3 is 0 Å². The third kappa shape index (κ3) is 2.84. The minimum Gasteiger partial charge on any atom is -0.335 e. The average molecular weight is 234 g/mol. The molecule has 0 atom stereocenters. The van der Waals surface area contributed by atoms with Gasteiger partial charge < -0.3 is 4.90 Å². The van der Waals surface area contributed by atoms with Crippen molar-refractivity contribution < 1.29 is 4.79 Å². The lowest BCUT2D eigenvalue weighted by molar-refractivity contribution is 0.0709. The zero-order valence-electron chi connectivity index (χ0n) is 10.8. The quantitative estimate of drug-likeness (QED) is 0.793. The van der Waals surface area contributed by atoms with E-state index in [-0.39, 0.29) is 11.9 Å². The maximum atomic E-state index is 12.3. The van der Waals surface area contributed by atoms with Gasteiger partial charge in [-0.2, -0.15) is 10.4 Å². The van der Waals surface area contributed by atoms with E-state index in [2.05, 4.69) is 11.2 Å². The molecule has 0 saturated carbocycles. The Labute approximate surface area is 102 Å². The lowest BCUT2D eigenvalue weighted by atomic mass is 10.2. The molecule has 1 heterocycles. The monoisotopic (exact) mass is 234 g/mol. The number of carbonyl (C=O) groups is 1. The van der Waals surface area contributed by atoms with Crippen molar-refractivity contribution in [3.63, 3.8) is 0 Å². The second-order valence-corrected chi connectivity index (χ2v) is 4.27. The molecule has 0 bridgehead atoms. The molecule has 0 unspecified atom stereocenters. The molecule has 0 aliphatic rings. The maximum absolute atomic E-state index is 12.3. The van der Waals surface area contributed by atoms with E-state index in [0.717, 1.165) is 5.69 Å². The van der Waals surface area contributed by atoms with E-state index in [0.29, 0.717) is 18.5 Å². The third-order valence-corrected chi connectivity index (χ3v) is 2.81. The number of amides is 1. The summed E-state index contributed by atoms with van der Waals surface area (Å²) < 4.78 is 1.68. The summed E-state index contributed by atoms with van der Waals surface area (Å²) in [6.07, 6.45) is 1.93. The summed E-state index contributed by atoms with van der Waals surface area (Å²) in [5.41, 5.74) is 1.46. The molecule has 0 radical (unpaired) electrons. The number of rotatable bonds is 4. The normalized spacial score (nSPS) is 10.4. The highest BCUT2D eigenvalue weighted by Gasteiger charge is 2.21. The number of hydrogen-bond donors (Lipinski definition) is 0. The number of aryl methyl sites for hydroxylation is 1. The van der Waals surface area contributed by atoms with Crippen LogP contribution in [-0.4, -0.2) is 33.2 Å². The molecule has 1 aromatic heterocycles. The van der Waals surface area contributed by atoms with Crippen molar-refractivity contribution in [2.75, 3.05) is 6.54 Å². The fourth-order valence-electron chi connectivity index (χ4n) is 1.63. The molecule has 0 spiro atoms. The first-order valence-corrected chi connectivity index (χ1v) is 5.65. The van der Waals surface area contributed by atoms with Crippen molar-refractivity contribution in [3.8, 4) is 6.07 Å². The van der Waals surface area contributed by atoms with E-state index in [9.17, 15) is 4.79 Å². The minimum atomic E-state index is -0.0548. The van der Waals surface area contributed by atoms with E-state index in [1.54, 1.807) is 22.8 Å². The van der Waals surface area contributed by atoms with E-state index >= 15 is 0 Å². The predicted octanol–water partition coefficient (Wildman–Crippen LogP) is 1.49. The van der Waals surface area contributed by atoms with E-state index < -0.39 is 0 Å². The number of nitriles is 1. The molecule has 1 amide bonds. The summed E-state index contributed by atoms with van der Waals surface area (Å²) in [4.78, 5) is 14.0. The Bertz CT molecular complexity index is 442. The Morgan fingerprint density at radius 1 is 1.65 bits per heavy atom. The summed E-state index contributed by atoms with van der Waals surface area (Å²) in [6, 6.07) is 2.14. The minimum absolute atomic E-state index is 0.0548. The second-order valence-electron chi connectivity index (χ2n) is 4.27. The zero-order valence-corrected chi connectivity index (χ0v) is 10.8. The molecule has 1 aromatic rings. The average Bonchev–Trinajstić information content (AvgIpc) is 2.59. The first kappa shape index (κ1) is 13.2. The Morgan fingerprint density at radius 3 is 2.71 bits per heavy atom. The Hall–Kier alpha value is -1.83. The molecular weight excluding hydrogens is 216 g/mol. The molecule has 0 fully saturated rings. The fraction of sp³-hybridized carbons (Fsp3) is 0.583. The van der Waals surface area contributed by atoms with Gasteiger partial charge in [-0.1, -0.05) is 0 Å². The SMILES string of the molecule is Cc1c(C(=O)N(CCC#N)C(C)C)cnn1C. The Balaban J connectivity index is 2.92. The summed E-state index contributed by atoms with van der Waals surface area (Å²) in [5, 5.41) is 12.7. The fourth-order valence-corrected chi connectivity index (χ4v) is 1.63. The molecule has 92 valence electrons. The van der Waals surface area contributed by atoms with E-state index in [4.69, 9.17) is 5.26 Å². The lowest BCUT2D eigenvalue weighted by Crippen LogP contribution is -2.37. The van der Waals surface area contributed by atoms with Crippen molar-refractivity contribution in [1.82, 2.24) is 14.7 Å². The Kier molecular flexibility index (Phi) is 4.27. The van der Waals surface area contributed by atoms with Gasteiger partial charge in [0, 0.05) is 25.3 Å². The van der Waals surface area contributed by atoms with E-state index in [1.807, 2.05) is 20.8 Å². The van der Waals surface area contributed by atoms with Crippen LogP contribution in [0.1, 0.15) is 36.3 Å². The van der Waals surface area contributed by atoms with Crippen LogP contribution in [0.2, 0.25) is 0 Å². The molecule has 0 aliphatic heterocycles. The smallest absolute Gasteiger partial charge is 0.257 e. The molecule has 0 N–H and O–H groups in total. The largest absolute Gasteiger partial charge is 0.335 e. The van der Waals surface area contributed by atoms with Gasteiger partial charge in [0.05, 0.1) is 24.3 Å². The van der Waals surface area contributed by atoms with Crippen LogP contribution in [0.25, 0.3) is 0 Å². The number of carbonyl (C=O) groups excluding carboxylic acids is 1. The standard InChI is InChI=1S/C12H18N4O/c1-9(2)16(7-5-6-13)12(17)11-8-14-15(4)10(11)3/h8-9H,5,7H2,1-4H3. The highest BCUT2D eigenvalue weighted by Crippen LogP contribution is 2.12.